The average Bonchev–Trinajstić information content (AvgIpc) is 3.27. The Morgan fingerprint density at radius 1 is 0.355 bits per heavy atom. The average molecular weight is 867 g/mol. The van der Waals surface area contributed by atoms with Crippen LogP contribution in [-0.2, 0) is 28.6 Å². The number of hydrogen-bond acceptors (Lipinski definition) is 6. The van der Waals surface area contributed by atoms with Crippen molar-refractivity contribution in [2.24, 2.45) is 0 Å². The fraction of sp³-hybridized carbons (Fsp3) is 0.768. The van der Waals surface area contributed by atoms with E-state index in [0.29, 0.717) is 19.3 Å². The molecule has 0 rings (SSSR count). The maximum atomic E-state index is 12.8. The molecule has 358 valence electrons. The largest absolute Gasteiger partial charge is 0.462 e. The first-order chi connectivity index (χ1) is 30.5. The Hall–Kier alpha value is -2.89. The van der Waals surface area contributed by atoms with Gasteiger partial charge in [-0.3, -0.25) is 14.4 Å². The molecule has 0 fully saturated rings. The number of allylic oxidation sites excluding steroid dienone is 10. The van der Waals surface area contributed by atoms with Crippen LogP contribution in [0.25, 0.3) is 0 Å². The summed E-state index contributed by atoms with van der Waals surface area (Å²) in [5.74, 6) is -0.984. The predicted octanol–water partition coefficient (Wildman–Crippen LogP) is 17.3. The summed E-state index contributed by atoms with van der Waals surface area (Å²) in [5, 5.41) is 0. The van der Waals surface area contributed by atoms with Crippen molar-refractivity contribution >= 4 is 17.9 Å². The zero-order valence-corrected chi connectivity index (χ0v) is 40.9. The number of unbranched alkanes of at least 4 members (excludes halogenated alkanes) is 28. The highest BCUT2D eigenvalue weighted by Gasteiger charge is 2.19. The molecule has 0 bridgehead atoms. The van der Waals surface area contributed by atoms with Crippen molar-refractivity contribution < 1.29 is 28.6 Å². The third-order valence-electron chi connectivity index (χ3n) is 11.3. The quantitative estimate of drug-likeness (QED) is 0.0199. The summed E-state index contributed by atoms with van der Waals surface area (Å²) in [6, 6.07) is 0. The molecule has 0 amide bonds. The van der Waals surface area contributed by atoms with Crippen LogP contribution in [0.1, 0.15) is 258 Å². The van der Waals surface area contributed by atoms with E-state index in [1.165, 1.54) is 135 Å². The topological polar surface area (TPSA) is 78.9 Å². The molecule has 0 spiro atoms. The summed E-state index contributed by atoms with van der Waals surface area (Å²) in [6.45, 7) is 6.44. The Balaban J connectivity index is 4.40. The molecular formula is C56H98O6. The van der Waals surface area contributed by atoms with Crippen LogP contribution in [0.5, 0.6) is 0 Å². The zero-order valence-electron chi connectivity index (χ0n) is 40.9. The van der Waals surface area contributed by atoms with Gasteiger partial charge in [-0.2, -0.15) is 0 Å². The van der Waals surface area contributed by atoms with Gasteiger partial charge in [0.05, 0.1) is 0 Å². The summed E-state index contributed by atoms with van der Waals surface area (Å²) in [5.41, 5.74) is 0. The lowest BCUT2D eigenvalue weighted by atomic mass is 10.0. The van der Waals surface area contributed by atoms with Crippen LogP contribution >= 0.6 is 0 Å². The van der Waals surface area contributed by atoms with Crippen LogP contribution < -0.4 is 0 Å². The minimum Gasteiger partial charge on any atom is -0.462 e. The van der Waals surface area contributed by atoms with Crippen molar-refractivity contribution in [2.45, 2.75) is 264 Å². The lowest BCUT2D eigenvalue weighted by molar-refractivity contribution is -0.166. The van der Waals surface area contributed by atoms with Gasteiger partial charge in [-0.05, 0) is 57.8 Å². The predicted molar refractivity (Wildman–Crippen MR) is 265 cm³/mol. The van der Waals surface area contributed by atoms with Crippen molar-refractivity contribution in [3.63, 3.8) is 0 Å². The molecule has 0 radical (unpaired) electrons. The fourth-order valence-corrected chi connectivity index (χ4v) is 7.38. The molecule has 0 aliphatic heterocycles. The minimum atomic E-state index is -0.804. The third-order valence-corrected chi connectivity index (χ3v) is 11.3. The standard InChI is InChI=1S/C56H98O6/c1-4-7-10-13-16-19-22-25-26-27-28-29-32-34-37-40-43-46-49-55(58)61-52-53(62-56(59)50-47-44-41-38-35-31-24-21-18-15-12-9-6-3)51-60-54(57)48-45-42-39-36-33-30-23-20-17-14-11-8-5-2/h9,12,15,18,21,24,30,33,39,42,53H,4-8,10-11,13-14,16-17,19-20,22-23,25-29,31-32,34-38,40-41,43-52H2,1-3H3/b12-9+,18-15+,24-21+,33-30+,42-39+. The van der Waals surface area contributed by atoms with Crippen LogP contribution in [0.2, 0.25) is 0 Å². The monoisotopic (exact) mass is 867 g/mol. The van der Waals surface area contributed by atoms with Gasteiger partial charge in [-0.25, -0.2) is 0 Å². The number of esters is 3. The molecule has 0 aliphatic carbocycles. The Labute approximate surface area is 383 Å². The number of rotatable bonds is 47. The van der Waals surface area contributed by atoms with E-state index in [0.717, 1.165) is 77.0 Å². The van der Waals surface area contributed by atoms with Crippen LogP contribution in [0.4, 0.5) is 0 Å². The van der Waals surface area contributed by atoms with Crippen molar-refractivity contribution in [1.29, 1.82) is 0 Å². The van der Waals surface area contributed by atoms with Crippen LogP contribution in [0, 0.1) is 0 Å². The summed E-state index contributed by atoms with van der Waals surface area (Å²) in [7, 11) is 0. The molecule has 0 aliphatic rings. The molecule has 0 heterocycles. The first-order valence-corrected chi connectivity index (χ1v) is 26.3. The highest BCUT2D eigenvalue weighted by molar-refractivity contribution is 5.71. The highest BCUT2D eigenvalue weighted by Crippen LogP contribution is 2.16. The Bertz CT molecular complexity index is 1130. The van der Waals surface area contributed by atoms with Gasteiger partial charge in [0, 0.05) is 19.3 Å². The summed E-state index contributed by atoms with van der Waals surface area (Å²) < 4.78 is 16.7. The smallest absolute Gasteiger partial charge is 0.306 e. The maximum absolute atomic E-state index is 12.8. The molecule has 0 saturated heterocycles. The van der Waals surface area contributed by atoms with E-state index in [2.05, 4.69) is 75.5 Å². The molecule has 1 atom stereocenters. The van der Waals surface area contributed by atoms with E-state index in [1.54, 1.807) is 0 Å². The van der Waals surface area contributed by atoms with E-state index >= 15 is 0 Å². The summed E-state index contributed by atoms with van der Waals surface area (Å²) >= 11 is 0. The van der Waals surface area contributed by atoms with Crippen LogP contribution in [0.3, 0.4) is 0 Å². The molecule has 62 heavy (non-hydrogen) atoms. The van der Waals surface area contributed by atoms with Crippen molar-refractivity contribution in [3.8, 4) is 0 Å². The molecule has 6 nitrogen and oxygen atoms in total. The first-order valence-electron chi connectivity index (χ1n) is 26.3. The van der Waals surface area contributed by atoms with Gasteiger partial charge in [0.2, 0.25) is 0 Å². The Morgan fingerprint density at radius 3 is 1.19 bits per heavy atom. The van der Waals surface area contributed by atoms with Gasteiger partial charge in [0.25, 0.3) is 0 Å². The van der Waals surface area contributed by atoms with Gasteiger partial charge in [0.15, 0.2) is 6.10 Å². The molecule has 0 aromatic heterocycles. The Morgan fingerprint density at radius 2 is 0.726 bits per heavy atom. The third kappa shape index (κ3) is 48.1. The van der Waals surface area contributed by atoms with E-state index in [1.807, 2.05) is 6.08 Å². The zero-order chi connectivity index (χ0) is 45.1. The fourth-order valence-electron chi connectivity index (χ4n) is 7.38. The van der Waals surface area contributed by atoms with Gasteiger partial charge in [-0.15, -0.1) is 0 Å². The van der Waals surface area contributed by atoms with Crippen molar-refractivity contribution in [3.05, 3.63) is 60.8 Å². The van der Waals surface area contributed by atoms with Gasteiger partial charge in [-0.1, -0.05) is 242 Å². The second kappa shape index (κ2) is 50.8. The second-order valence-electron chi connectivity index (χ2n) is 17.5. The van der Waals surface area contributed by atoms with Crippen molar-refractivity contribution in [2.75, 3.05) is 13.2 Å². The number of carbonyl (C=O) groups is 3. The van der Waals surface area contributed by atoms with E-state index in [9.17, 15) is 14.4 Å². The van der Waals surface area contributed by atoms with E-state index in [4.69, 9.17) is 14.2 Å². The van der Waals surface area contributed by atoms with Crippen LogP contribution in [-0.4, -0.2) is 37.2 Å². The number of carbonyl (C=O) groups excluding carboxylic acids is 3. The van der Waals surface area contributed by atoms with Gasteiger partial charge in [0.1, 0.15) is 13.2 Å². The second-order valence-corrected chi connectivity index (χ2v) is 17.5. The molecule has 0 N–H and O–H groups in total. The molecule has 6 heteroatoms. The van der Waals surface area contributed by atoms with Gasteiger partial charge < -0.3 is 14.2 Å². The minimum absolute atomic E-state index is 0.0977. The number of hydrogen-bond donors (Lipinski definition) is 0. The van der Waals surface area contributed by atoms with E-state index in [-0.39, 0.29) is 37.5 Å². The molecule has 0 aromatic rings. The lowest BCUT2D eigenvalue weighted by Gasteiger charge is -2.18. The lowest BCUT2D eigenvalue weighted by Crippen LogP contribution is -2.30. The summed E-state index contributed by atoms with van der Waals surface area (Å²) in [4.78, 5) is 37.9. The highest BCUT2D eigenvalue weighted by atomic mass is 16.6. The molecule has 0 saturated carbocycles. The van der Waals surface area contributed by atoms with E-state index < -0.39 is 6.10 Å². The first kappa shape index (κ1) is 59.1. The Kier molecular flexibility index (Phi) is 48.4. The normalized spacial score (nSPS) is 12.5. The van der Waals surface area contributed by atoms with Crippen LogP contribution in [0.15, 0.2) is 60.8 Å². The maximum Gasteiger partial charge on any atom is 0.306 e. The molecular weight excluding hydrogens is 769 g/mol. The molecule has 0 aromatic carbocycles. The van der Waals surface area contributed by atoms with Crippen molar-refractivity contribution in [1.82, 2.24) is 0 Å². The molecule has 1 unspecified atom stereocenters. The van der Waals surface area contributed by atoms with Gasteiger partial charge >= 0.3 is 17.9 Å². The summed E-state index contributed by atoms with van der Waals surface area (Å²) in [6.07, 6.45) is 62.2. The SMILES string of the molecule is CC/C=C/C=C/C=C/CCCCCCCC(=O)OC(COC(=O)CC/C=C/C/C=C/CCCCCCCC)COC(=O)CCCCCCCCCCCCCCCCCCCC. The number of ether oxygens (including phenoxy) is 3.